The molecule has 0 radical (unpaired) electrons. The van der Waals surface area contributed by atoms with Gasteiger partial charge in [0.25, 0.3) is 0 Å². The summed E-state index contributed by atoms with van der Waals surface area (Å²) in [6, 6.07) is 13.6. The van der Waals surface area contributed by atoms with Crippen LogP contribution in [0.5, 0.6) is 0 Å². The Hall–Kier alpha value is -1.92. The first-order valence-electron chi connectivity index (χ1n) is 8.24. The van der Waals surface area contributed by atoms with Crippen molar-refractivity contribution in [3.8, 4) is 0 Å². The van der Waals surface area contributed by atoms with Crippen LogP contribution in [0.1, 0.15) is 24.0 Å². The van der Waals surface area contributed by atoms with E-state index in [0.29, 0.717) is 6.54 Å². The summed E-state index contributed by atoms with van der Waals surface area (Å²) >= 11 is 0. The Kier molecular flexibility index (Phi) is 5.16. The Labute approximate surface area is 143 Å². The molecule has 1 aromatic carbocycles. The summed E-state index contributed by atoms with van der Waals surface area (Å²) < 4.78 is 27.5. The number of aromatic nitrogens is 1. The normalized spacial score (nSPS) is 18.0. The van der Waals surface area contributed by atoms with Gasteiger partial charge in [0.15, 0.2) is 0 Å². The van der Waals surface area contributed by atoms with Crippen molar-refractivity contribution in [3.05, 3.63) is 59.8 Å². The molecule has 0 aliphatic carbocycles. The molecule has 1 fully saturated rings. The standard InChI is InChI=1S/C18H23N3O2S/c1-15-6-4-7-16(12-15)14-24(22,23)20-13-17-8-5-11-21(17)18-9-2-3-10-19-18/h2-4,6-7,9-10,12,17,20H,5,8,11,13-14H2,1H3. The number of benzene rings is 1. The smallest absolute Gasteiger partial charge is 0.215 e. The van der Waals surface area contributed by atoms with E-state index in [1.807, 2.05) is 49.4 Å². The Morgan fingerprint density at radius 3 is 2.88 bits per heavy atom. The molecular formula is C18H23N3O2S. The lowest BCUT2D eigenvalue weighted by Crippen LogP contribution is -2.40. The van der Waals surface area contributed by atoms with Crippen LogP contribution in [0.2, 0.25) is 0 Å². The van der Waals surface area contributed by atoms with E-state index in [9.17, 15) is 8.42 Å². The van der Waals surface area contributed by atoms with Crippen molar-refractivity contribution in [2.45, 2.75) is 31.6 Å². The molecule has 0 bridgehead atoms. The average Bonchev–Trinajstić information content (AvgIpc) is 3.02. The largest absolute Gasteiger partial charge is 0.352 e. The van der Waals surface area contributed by atoms with E-state index in [0.717, 1.165) is 36.3 Å². The highest BCUT2D eigenvalue weighted by Gasteiger charge is 2.26. The average molecular weight is 345 g/mol. The van der Waals surface area contributed by atoms with Crippen molar-refractivity contribution in [1.82, 2.24) is 9.71 Å². The van der Waals surface area contributed by atoms with E-state index in [1.54, 1.807) is 6.20 Å². The summed E-state index contributed by atoms with van der Waals surface area (Å²) in [7, 11) is -3.34. The zero-order valence-corrected chi connectivity index (χ0v) is 14.7. The van der Waals surface area contributed by atoms with Gasteiger partial charge in [0.05, 0.1) is 5.75 Å². The molecule has 6 heteroatoms. The van der Waals surface area contributed by atoms with Crippen molar-refractivity contribution in [1.29, 1.82) is 0 Å². The molecule has 24 heavy (non-hydrogen) atoms. The number of rotatable bonds is 6. The Balaban J connectivity index is 1.61. The Morgan fingerprint density at radius 2 is 2.12 bits per heavy atom. The Morgan fingerprint density at radius 1 is 1.25 bits per heavy atom. The van der Waals surface area contributed by atoms with Gasteiger partial charge in [0.1, 0.15) is 5.82 Å². The fraction of sp³-hybridized carbons (Fsp3) is 0.389. The van der Waals surface area contributed by atoms with Crippen LogP contribution in [0.3, 0.4) is 0 Å². The number of anilines is 1. The summed E-state index contributed by atoms with van der Waals surface area (Å²) in [4.78, 5) is 6.57. The molecule has 128 valence electrons. The van der Waals surface area contributed by atoms with E-state index >= 15 is 0 Å². The van der Waals surface area contributed by atoms with Crippen molar-refractivity contribution in [2.75, 3.05) is 18.0 Å². The maximum absolute atomic E-state index is 12.4. The molecule has 2 aromatic rings. The molecule has 1 atom stereocenters. The van der Waals surface area contributed by atoms with Crippen molar-refractivity contribution >= 4 is 15.8 Å². The minimum atomic E-state index is -3.34. The van der Waals surface area contributed by atoms with Crippen LogP contribution < -0.4 is 9.62 Å². The highest BCUT2D eigenvalue weighted by atomic mass is 32.2. The van der Waals surface area contributed by atoms with Crippen molar-refractivity contribution in [3.63, 3.8) is 0 Å². The first-order valence-corrected chi connectivity index (χ1v) is 9.89. The highest BCUT2D eigenvalue weighted by molar-refractivity contribution is 7.88. The zero-order chi connectivity index (χ0) is 17.0. The third-order valence-electron chi connectivity index (χ3n) is 4.30. The summed E-state index contributed by atoms with van der Waals surface area (Å²) in [6.07, 6.45) is 3.80. The van der Waals surface area contributed by atoms with E-state index in [-0.39, 0.29) is 11.8 Å². The lowest BCUT2D eigenvalue weighted by molar-refractivity contribution is 0.565. The number of nitrogens with one attached hydrogen (secondary N) is 1. The maximum Gasteiger partial charge on any atom is 0.215 e. The van der Waals surface area contributed by atoms with Gasteiger partial charge in [-0.25, -0.2) is 18.1 Å². The molecule has 0 amide bonds. The summed E-state index contributed by atoms with van der Waals surface area (Å²) in [6.45, 7) is 3.30. The third kappa shape index (κ3) is 4.33. The predicted octanol–water partition coefficient (Wildman–Crippen LogP) is 2.48. The number of aryl methyl sites for hydroxylation is 1. The summed E-state index contributed by atoms with van der Waals surface area (Å²) in [5.41, 5.74) is 1.88. The van der Waals surface area contributed by atoms with Crippen LogP contribution in [-0.4, -0.2) is 32.5 Å². The van der Waals surface area contributed by atoms with Crippen LogP contribution in [-0.2, 0) is 15.8 Å². The van der Waals surface area contributed by atoms with Crippen LogP contribution >= 0.6 is 0 Å². The second kappa shape index (κ2) is 7.32. The molecule has 1 aliphatic rings. The van der Waals surface area contributed by atoms with Crippen LogP contribution in [0.25, 0.3) is 0 Å². The van der Waals surface area contributed by atoms with E-state index in [4.69, 9.17) is 0 Å². The van der Waals surface area contributed by atoms with Gasteiger partial charge in [-0.05, 0) is 37.5 Å². The van der Waals surface area contributed by atoms with E-state index in [2.05, 4.69) is 14.6 Å². The quantitative estimate of drug-likeness (QED) is 0.874. The Bertz CT molecular complexity index is 778. The zero-order valence-electron chi connectivity index (χ0n) is 13.9. The molecule has 1 aliphatic heterocycles. The van der Waals surface area contributed by atoms with Crippen molar-refractivity contribution in [2.24, 2.45) is 0 Å². The van der Waals surface area contributed by atoms with E-state index < -0.39 is 10.0 Å². The second-order valence-electron chi connectivity index (χ2n) is 6.27. The van der Waals surface area contributed by atoms with Gasteiger partial charge >= 0.3 is 0 Å². The second-order valence-corrected chi connectivity index (χ2v) is 8.08. The van der Waals surface area contributed by atoms with Gasteiger partial charge in [-0.3, -0.25) is 0 Å². The molecule has 1 unspecified atom stereocenters. The monoisotopic (exact) mass is 345 g/mol. The molecule has 0 saturated carbocycles. The topological polar surface area (TPSA) is 62.3 Å². The van der Waals surface area contributed by atoms with Gasteiger partial charge in [0, 0.05) is 25.3 Å². The first kappa shape index (κ1) is 16.9. The molecule has 0 spiro atoms. The summed E-state index contributed by atoms with van der Waals surface area (Å²) in [5.74, 6) is 0.934. The molecule has 2 heterocycles. The van der Waals surface area contributed by atoms with Gasteiger partial charge in [-0.15, -0.1) is 0 Å². The van der Waals surface area contributed by atoms with Crippen molar-refractivity contribution < 1.29 is 8.42 Å². The van der Waals surface area contributed by atoms with Gasteiger partial charge < -0.3 is 4.90 Å². The summed E-state index contributed by atoms with van der Waals surface area (Å²) in [5, 5.41) is 0. The fourth-order valence-electron chi connectivity index (χ4n) is 3.17. The van der Waals surface area contributed by atoms with Gasteiger partial charge in [-0.2, -0.15) is 0 Å². The molecule has 1 saturated heterocycles. The molecule has 5 nitrogen and oxygen atoms in total. The molecule has 1 N–H and O–H groups in total. The predicted molar refractivity (Wildman–Crippen MR) is 96.4 cm³/mol. The van der Waals surface area contributed by atoms with Gasteiger partial charge in [-0.1, -0.05) is 35.9 Å². The lowest BCUT2D eigenvalue weighted by atomic mass is 10.2. The maximum atomic E-state index is 12.4. The van der Waals surface area contributed by atoms with Crippen LogP contribution in [0, 0.1) is 6.92 Å². The van der Waals surface area contributed by atoms with Gasteiger partial charge in [0.2, 0.25) is 10.0 Å². The molecule has 3 rings (SSSR count). The number of hydrogen-bond acceptors (Lipinski definition) is 4. The number of sulfonamides is 1. The molecular weight excluding hydrogens is 322 g/mol. The molecule has 1 aromatic heterocycles. The minimum absolute atomic E-state index is 0.0188. The SMILES string of the molecule is Cc1cccc(CS(=O)(=O)NCC2CCCN2c2ccccn2)c1. The minimum Gasteiger partial charge on any atom is -0.352 e. The van der Waals surface area contributed by atoms with Crippen LogP contribution in [0.4, 0.5) is 5.82 Å². The van der Waals surface area contributed by atoms with Crippen LogP contribution in [0.15, 0.2) is 48.7 Å². The fourth-order valence-corrected chi connectivity index (χ4v) is 4.34. The van der Waals surface area contributed by atoms with E-state index in [1.165, 1.54) is 0 Å². The number of nitrogens with zero attached hydrogens (tertiary/aromatic N) is 2. The number of pyridine rings is 1. The lowest BCUT2D eigenvalue weighted by Gasteiger charge is -2.25. The number of hydrogen-bond donors (Lipinski definition) is 1. The highest BCUT2D eigenvalue weighted by Crippen LogP contribution is 2.23. The third-order valence-corrected chi connectivity index (χ3v) is 5.62. The first-order chi connectivity index (χ1) is 11.5.